The summed E-state index contributed by atoms with van der Waals surface area (Å²) >= 11 is 1.29. The van der Waals surface area contributed by atoms with E-state index >= 15 is 0 Å². The van der Waals surface area contributed by atoms with Crippen molar-refractivity contribution in [2.75, 3.05) is 0 Å². The smallest absolute Gasteiger partial charge is 0.338 e. The summed E-state index contributed by atoms with van der Waals surface area (Å²) < 4.78 is 13.3. The summed E-state index contributed by atoms with van der Waals surface area (Å²) in [5, 5.41) is 9.63. The fraction of sp³-hybridized carbons (Fsp3) is 0.214. The number of carboxylic acid groups (broad SMARTS) is 1. The molecule has 0 fully saturated rings. The molecular formula is C14H13FN2O2S. The first-order valence-electron chi connectivity index (χ1n) is 6.05. The van der Waals surface area contributed by atoms with Crippen LogP contribution in [0.15, 0.2) is 34.2 Å². The molecule has 1 N–H and O–H groups in total. The van der Waals surface area contributed by atoms with Gasteiger partial charge in [0.25, 0.3) is 0 Å². The van der Waals surface area contributed by atoms with E-state index in [0.717, 1.165) is 23.2 Å². The Morgan fingerprint density at radius 2 is 2.10 bits per heavy atom. The van der Waals surface area contributed by atoms with Gasteiger partial charge in [-0.25, -0.2) is 19.2 Å². The van der Waals surface area contributed by atoms with Crippen LogP contribution in [0.2, 0.25) is 0 Å². The molecule has 4 nitrogen and oxygen atoms in total. The van der Waals surface area contributed by atoms with Crippen molar-refractivity contribution in [3.63, 3.8) is 0 Å². The van der Waals surface area contributed by atoms with E-state index in [1.165, 1.54) is 23.9 Å². The number of carboxylic acids is 1. The molecule has 0 saturated heterocycles. The van der Waals surface area contributed by atoms with Gasteiger partial charge in [0.2, 0.25) is 0 Å². The fourth-order valence-corrected chi connectivity index (χ4v) is 2.61. The van der Waals surface area contributed by atoms with Crippen LogP contribution in [0, 0.1) is 12.7 Å². The van der Waals surface area contributed by atoms with Crippen molar-refractivity contribution in [3.05, 3.63) is 47.2 Å². The molecular weight excluding hydrogens is 279 g/mol. The molecule has 0 saturated carbocycles. The van der Waals surface area contributed by atoms with Gasteiger partial charge in [-0.05, 0) is 37.6 Å². The highest BCUT2D eigenvalue weighted by Crippen LogP contribution is 2.28. The van der Waals surface area contributed by atoms with Gasteiger partial charge in [-0.15, -0.1) is 0 Å². The fourth-order valence-electron chi connectivity index (χ4n) is 1.69. The van der Waals surface area contributed by atoms with E-state index in [1.807, 2.05) is 13.0 Å². The van der Waals surface area contributed by atoms with Crippen LogP contribution in [0.3, 0.4) is 0 Å². The number of benzene rings is 1. The molecule has 20 heavy (non-hydrogen) atoms. The molecule has 1 aromatic carbocycles. The van der Waals surface area contributed by atoms with Crippen molar-refractivity contribution >= 4 is 17.7 Å². The molecule has 6 heteroatoms. The van der Waals surface area contributed by atoms with Crippen molar-refractivity contribution in [3.8, 4) is 0 Å². The Morgan fingerprint density at radius 3 is 2.75 bits per heavy atom. The molecule has 0 aliphatic heterocycles. The van der Waals surface area contributed by atoms with Crippen LogP contribution in [0.4, 0.5) is 4.39 Å². The molecule has 0 aliphatic rings. The van der Waals surface area contributed by atoms with E-state index < -0.39 is 11.8 Å². The zero-order valence-corrected chi connectivity index (χ0v) is 11.9. The highest BCUT2D eigenvalue weighted by molar-refractivity contribution is 7.99. The Morgan fingerprint density at radius 1 is 1.35 bits per heavy atom. The number of halogens is 1. The van der Waals surface area contributed by atoms with E-state index in [0.29, 0.717) is 10.7 Å². The largest absolute Gasteiger partial charge is 0.478 e. The normalized spacial score (nSPS) is 10.6. The lowest BCUT2D eigenvalue weighted by Crippen LogP contribution is -2.00. The molecule has 0 spiro atoms. The van der Waals surface area contributed by atoms with Gasteiger partial charge >= 0.3 is 5.97 Å². The van der Waals surface area contributed by atoms with Gasteiger partial charge in [0.05, 0.1) is 5.56 Å². The second kappa shape index (κ2) is 6.00. The van der Waals surface area contributed by atoms with Crippen LogP contribution in [-0.4, -0.2) is 21.0 Å². The number of aromatic carboxylic acids is 1. The topological polar surface area (TPSA) is 63.1 Å². The lowest BCUT2D eigenvalue weighted by atomic mass is 10.2. The van der Waals surface area contributed by atoms with Crippen molar-refractivity contribution in [2.45, 2.75) is 30.2 Å². The quantitative estimate of drug-likeness (QED) is 0.876. The molecule has 2 aromatic rings. The molecule has 0 atom stereocenters. The predicted molar refractivity (Wildman–Crippen MR) is 73.6 cm³/mol. The van der Waals surface area contributed by atoms with Gasteiger partial charge in [0.1, 0.15) is 16.7 Å². The van der Waals surface area contributed by atoms with E-state index in [9.17, 15) is 9.18 Å². The second-order valence-corrected chi connectivity index (χ2v) is 5.24. The summed E-state index contributed by atoms with van der Waals surface area (Å²) in [5.41, 5.74) is 0.581. The third-order valence-electron chi connectivity index (χ3n) is 2.62. The highest BCUT2D eigenvalue weighted by atomic mass is 32.2. The van der Waals surface area contributed by atoms with E-state index in [1.54, 1.807) is 6.92 Å². The second-order valence-electron chi connectivity index (χ2n) is 4.15. The maximum absolute atomic E-state index is 13.3. The standard InChI is InChI=1S/C14H13FN2O2S/c1-3-9-6-13(17-8(2)16-9)20-10-4-5-12(15)11(7-10)14(18)19/h4-7H,3H2,1-2H3,(H,18,19). The number of rotatable bonds is 4. The van der Waals surface area contributed by atoms with Gasteiger partial charge in [0, 0.05) is 10.6 Å². The van der Waals surface area contributed by atoms with Crippen molar-refractivity contribution in [1.29, 1.82) is 0 Å². The minimum absolute atomic E-state index is 0.337. The Kier molecular flexibility index (Phi) is 4.34. The number of aryl methyl sites for hydroxylation is 2. The molecule has 1 heterocycles. The Hall–Kier alpha value is -1.95. The SMILES string of the molecule is CCc1cc(Sc2ccc(F)c(C(=O)O)c2)nc(C)n1. The zero-order chi connectivity index (χ0) is 14.7. The first kappa shape index (κ1) is 14.5. The molecule has 0 bridgehead atoms. The monoisotopic (exact) mass is 292 g/mol. The Labute approximate surface area is 120 Å². The molecule has 1 aromatic heterocycles. The first-order chi connectivity index (χ1) is 9.49. The predicted octanol–water partition coefficient (Wildman–Crippen LogP) is 3.34. The third-order valence-corrected chi connectivity index (χ3v) is 3.53. The average molecular weight is 292 g/mol. The average Bonchev–Trinajstić information content (AvgIpc) is 2.40. The lowest BCUT2D eigenvalue weighted by Gasteiger charge is -2.06. The highest BCUT2D eigenvalue weighted by Gasteiger charge is 2.12. The van der Waals surface area contributed by atoms with Crippen LogP contribution < -0.4 is 0 Å². The summed E-state index contributed by atoms with van der Waals surface area (Å²) in [5.74, 6) is -1.36. The summed E-state index contributed by atoms with van der Waals surface area (Å²) in [4.78, 5) is 20.1. The maximum atomic E-state index is 13.3. The number of aromatic nitrogens is 2. The van der Waals surface area contributed by atoms with Gasteiger partial charge in [-0.2, -0.15) is 0 Å². The van der Waals surface area contributed by atoms with Crippen molar-refractivity contribution in [2.24, 2.45) is 0 Å². The van der Waals surface area contributed by atoms with Crippen LogP contribution in [0.5, 0.6) is 0 Å². The summed E-state index contributed by atoms with van der Waals surface area (Å²) in [6, 6.07) is 5.85. The number of nitrogens with zero attached hydrogens (tertiary/aromatic N) is 2. The Bertz CT molecular complexity index is 662. The molecule has 104 valence electrons. The maximum Gasteiger partial charge on any atom is 0.338 e. The zero-order valence-electron chi connectivity index (χ0n) is 11.1. The molecule has 0 aliphatic carbocycles. The summed E-state index contributed by atoms with van der Waals surface area (Å²) in [6.45, 7) is 3.80. The van der Waals surface area contributed by atoms with Crippen LogP contribution in [0.25, 0.3) is 0 Å². The molecule has 0 amide bonds. The van der Waals surface area contributed by atoms with Gasteiger partial charge < -0.3 is 5.11 Å². The number of hydrogen-bond acceptors (Lipinski definition) is 4. The van der Waals surface area contributed by atoms with E-state index in [2.05, 4.69) is 9.97 Å². The van der Waals surface area contributed by atoms with Crippen LogP contribution >= 0.6 is 11.8 Å². The Balaban J connectivity index is 2.32. The minimum Gasteiger partial charge on any atom is -0.478 e. The van der Waals surface area contributed by atoms with Gasteiger partial charge in [-0.3, -0.25) is 0 Å². The van der Waals surface area contributed by atoms with Gasteiger partial charge in [-0.1, -0.05) is 18.7 Å². The number of hydrogen-bond donors (Lipinski definition) is 1. The van der Waals surface area contributed by atoms with E-state index in [-0.39, 0.29) is 5.56 Å². The third kappa shape index (κ3) is 3.33. The first-order valence-corrected chi connectivity index (χ1v) is 6.86. The molecule has 0 radical (unpaired) electrons. The van der Waals surface area contributed by atoms with E-state index in [4.69, 9.17) is 5.11 Å². The number of carbonyl (C=O) groups is 1. The van der Waals surface area contributed by atoms with Crippen LogP contribution in [0.1, 0.15) is 28.8 Å². The summed E-state index contributed by atoms with van der Waals surface area (Å²) in [7, 11) is 0. The molecule has 0 unspecified atom stereocenters. The van der Waals surface area contributed by atoms with Crippen molar-refractivity contribution < 1.29 is 14.3 Å². The summed E-state index contributed by atoms with van der Waals surface area (Å²) in [6.07, 6.45) is 0.792. The molecule has 2 rings (SSSR count). The van der Waals surface area contributed by atoms with Gasteiger partial charge in [0.15, 0.2) is 0 Å². The minimum atomic E-state index is -1.28. The van der Waals surface area contributed by atoms with Crippen molar-refractivity contribution in [1.82, 2.24) is 9.97 Å². The van der Waals surface area contributed by atoms with Crippen LogP contribution in [-0.2, 0) is 6.42 Å². The lowest BCUT2D eigenvalue weighted by molar-refractivity contribution is 0.0691.